The van der Waals surface area contributed by atoms with Crippen molar-refractivity contribution in [2.75, 3.05) is 0 Å². The van der Waals surface area contributed by atoms with E-state index in [1.807, 2.05) is 17.5 Å². The molecule has 1 aliphatic heterocycles. The van der Waals surface area contributed by atoms with Crippen LogP contribution in [0.25, 0.3) is 11.0 Å². The number of benzene rings is 1. The van der Waals surface area contributed by atoms with Gasteiger partial charge in [-0.2, -0.15) is 0 Å². The first-order valence-electron chi connectivity index (χ1n) is 9.44. The Labute approximate surface area is 186 Å². The number of rotatable bonds is 5. The van der Waals surface area contributed by atoms with Crippen LogP contribution in [0.15, 0.2) is 81.9 Å². The second kappa shape index (κ2) is 7.68. The van der Waals surface area contributed by atoms with E-state index in [1.165, 1.54) is 16.2 Å². The molecule has 6 nitrogen and oxygen atoms in total. The fraction of sp³-hybridized carbons (Fsp3) is 0.0870. The Morgan fingerprint density at radius 2 is 2.06 bits per heavy atom. The van der Waals surface area contributed by atoms with Crippen LogP contribution in [0.1, 0.15) is 27.2 Å². The molecule has 4 heterocycles. The van der Waals surface area contributed by atoms with Gasteiger partial charge in [-0.25, -0.2) is 0 Å². The largest absolute Gasteiger partial charge is 0.503 e. The highest BCUT2D eigenvalue weighted by Gasteiger charge is 2.45. The van der Waals surface area contributed by atoms with E-state index in [0.717, 1.165) is 4.88 Å². The molecule has 4 aromatic rings. The van der Waals surface area contributed by atoms with Crippen LogP contribution in [0.4, 0.5) is 0 Å². The van der Waals surface area contributed by atoms with Gasteiger partial charge in [-0.05, 0) is 47.8 Å². The number of carbonyl (C=O) groups excluding carboxylic acids is 2. The number of aliphatic hydroxyl groups is 1. The van der Waals surface area contributed by atoms with Crippen LogP contribution in [0, 0.1) is 0 Å². The molecule has 0 aliphatic carbocycles. The molecule has 0 bridgehead atoms. The van der Waals surface area contributed by atoms with Crippen molar-refractivity contribution in [2.45, 2.75) is 12.6 Å². The summed E-state index contributed by atoms with van der Waals surface area (Å²) < 4.78 is 5.70. The fourth-order valence-corrected chi connectivity index (χ4v) is 4.61. The Kier molecular flexibility index (Phi) is 4.84. The molecule has 0 saturated heterocycles. The molecule has 3 aromatic heterocycles. The van der Waals surface area contributed by atoms with Gasteiger partial charge in [0.05, 0.1) is 17.8 Å². The number of furan rings is 1. The molecule has 31 heavy (non-hydrogen) atoms. The maximum atomic E-state index is 13.4. The van der Waals surface area contributed by atoms with Gasteiger partial charge < -0.3 is 14.4 Å². The van der Waals surface area contributed by atoms with Gasteiger partial charge in [-0.3, -0.25) is 14.6 Å². The van der Waals surface area contributed by atoms with Gasteiger partial charge in [0.2, 0.25) is 5.78 Å². The predicted octanol–water partition coefficient (Wildman–Crippen LogP) is 5.32. The van der Waals surface area contributed by atoms with E-state index in [1.54, 1.807) is 48.7 Å². The van der Waals surface area contributed by atoms with Crippen LogP contribution in [0.2, 0.25) is 5.02 Å². The van der Waals surface area contributed by atoms with E-state index in [9.17, 15) is 14.7 Å². The van der Waals surface area contributed by atoms with E-state index in [2.05, 4.69) is 4.98 Å². The summed E-state index contributed by atoms with van der Waals surface area (Å²) in [7, 11) is 0. The van der Waals surface area contributed by atoms with Crippen LogP contribution >= 0.6 is 22.9 Å². The van der Waals surface area contributed by atoms with Crippen molar-refractivity contribution in [3.05, 3.63) is 98.9 Å². The number of Topliss-reactive ketones (excluding diaryl/α,β-unsaturated/α-hetero) is 1. The first-order chi connectivity index (χ1) is 15.0. The molecule has 154 valence electrons. The first kappa shape index (κ1) is 19.5. The summed E-state index contributed by atoms with van der Waals surface area (Å²) in [5, 5.41) is 13.8. The third kappa shape index (κ3) is 3.41. The van der Waals surface area contributed by atoms with E-state index < -0.39 is 23.5 Å². The minimum absolute atomic E-state index is 0.0190. The number of aliphatic hydroxyl groups excluding tert-OH is 1. The van der Waals surface area contributed by atoms with Crippen LogP contribution in [-0.4, -0.2) is 26.7 Å². The second-order valence-corrected chi connectivity index (χ2v) is 8.52. The van der Waals surface area contributed by atoms with Gasteiger partial charge in [0.15, 0.2) is 11.5 Å². The number of halogens is 1. The molecule has 5 rings (SSSR count). The number of hydrogen-bond donors (Lipinski definition) is 1. The molecule has 1 aliphatic rings. The number of ketones is 1. The van der Waals surface area contributed by atoms with Crippen LogP contribution in [0.5, 0.6) is 0 Å². The molecule has 1 amide bonds. The van der Waals surface area contributed by atoms with Gasteiger partial charge in [0.25, 0.3) is 5.91 Å². The molecule has 1 aromatic carbocycles. The Bertz CT molecular complexity index is 1330. The molecular weight excluding hydrogens is 436 g/mol. The number of nitrogens with zero attached hydrogens (tertiary/aromatic N) is 2. The van der Waals surface area contributed by atoms with Gasteiger partial charge in [0, 0.05) is 21.5 Å². The number of hydrogen-bond acceptors (Lipinski definition) is 6. The zero-order chi connectivity index (χ0) is 21.5. The number of aromatic nitrogens is 1. The molecule has 1 unspecified atom stereocenters. The highest BCUT2D eigenvalue weighted by Crippen LogP contribution is 2.40. The quantitative estimate of drug-likeness (QED) is 0.416. The van der Waals surface area contributed by atoms with Gasteiger partial charge in [-0.15, -0.1) is 11.3 Å². The second-order valence-electron chi connectivity index (χ2n) is 7.05. The first-order valence-corrected chi connectivity index (χ1v) is 10.7. The van der Waals surface area contributed by atoms with Crippen molar-refractivity contribution in [2.24, 2.45) is 0 Å². The summed E-state index contributed by atoms with van der Waals surface area (Å²) >= 11 is 7.52. The van der Waals surface area contributed by atoms with Crippen molar-refractivity contribution in [3.63, 3.8) is 0 Å². The van der Waals surface area contributed by atoms with Crippen molar-refractivity contribution in [1.82, 2.24) is 9.88 Å². The molecule has 0 fully saturated rings. The van der Waals surface area contributed by atoms with Crippen LogP contribution < -0.4 is 0 Å². The molecule has 0 spiro atoms. The SMILES string of the molecule is O=C(C1=C(O)C(=O)N(Cc2cccs2)C1c1ccccn1)c1cc2cc(Cl)ccc2o1. The van der Waals surface area contributed by atoms with Crippen LogP contribution in [0.3, 0.4) is 0 Å². The summed E-state index contributed by atoms with van der Waals surface area (Å²) in [6, 6.07) is 14.8. The van der Waals surface area contributed by atoms with Crippen LogP contribution in [-0.2, 0) is 11.3 Å². The summed E-state index contributed by atoms with van der Waals surface area (Å²) in [4.78, 5) is 33.1. The monoisotopic (exact) mass is 450 g/mol. The normalized spacial score (nSPS) is 16.5. The van der Waals surface area contributed by atoms with E-state index in [0.29, 0.717) is 21.7 Å². The molecule has 0 saturated carbocycles. The van der Waals surface area contributed by atoms with Crippen molar-refractivity contribution >= 4 is 45.6 Å². The summed E-state index contributed by atoms with van der Waals surface area (Å²) in [5.74, 6) is -1.75. The number of carbonyl (C=O) groups is 2. The zero-order valence-corrected chi connectivity index (χ0v) is 17.6. The third-order valence-corrected chi connectivity index (χ3v) is 6.22. The number of thiophene rings is 1. The lowest BCUT2D eigenvalue weighted by Crippen LogP contribution is -2.30. The highest BCUT2D eigenvalue weighted by molar-refractivity contribution is 7.09. The Balaban J connectivity index is 1.60. The zero-order valence-electron chi connectivity index (χ0n) is 16.0. The number of fused-ring (bicyclic) bond motifs is 1. The van der Waals surface area contributed by atoms with Gasteiger partial charge in [-0.1, -0.05) is 23.7 Å². The Hall–Kier alpha value is -3.42. The Morgan fingerprint density at radius 1 is 1.19 bits per heavy atom. The van der Waals surface area contributed by atoms with E-state index in [4.69, 9.17) is 16.0 Å². The smallest absolute Gasteiger partial charge is 0.290 e. The van der Waals surface area contributed by atoms with Crippen molar-refractivity contribution < 1.29 is 19.1 Å². The summed E-state index contributed by atoms with van der Waals surface area (Å²) in [6.45, 7) is 0.244. The molecule has 8 heteroatoms. The van der Waals surface area contributed by atoms with E-state index in [-0.39, 0.29) is 17.9 Å². The van der Waals surface area contributed by atoms with E-state index >= 15 is 0 Å². The molecule has 0 radical (unpaired) electrons. The lowest BCUT2D eigenvalue weighted by atomic mass is 9.98. The van der Waals surface area contributed by atoms with Gasteiger partial charge in [0.1, 0.15) is 11.6 Å². The third-order valence-electron chi connectivity index (χ3n) is 5.12. The standard InChI is InChI=1S/C23H15ClN2O4S/c24-14-6-7-17-13(10-14)11-18(30-17)21(27)19-20(16-5-1-2-8-25-16)26(23(29)22(19)28)12-15-4-3-9-31-15/h1-11,20,28H,12H2. The number of amides is 1. The fourth-order valence-electron chi connectivity index (χ4n) is 3.72. The van der Waals surface area contributed by atoms with Crippen molar-refractivity contribution in [3.8, 4) is 0 Å². The van der Waals surface area contributed by atoms with Gasteiger partial charge >= 0.3 is 0 Å². The lowest BCUT2D eigenvalue weighted by molar-refractivity contribution is -0.130. The summed E-state index contributed by atoms with van der Waals surface area (Å²) in [5.41, 5.74) is 0.923. The summed E-state index contributed by atoms with van der Waals surface area (Å²) in [6.07, 6.45) is 1.59. The minimum Gasteiger partial charge on any atom is -0.503 e. The topological polar surface area (TPSA) is 83.6 Å². The Morgan fingerprint density at radius 3 is 2.81 bits per heavy atom. The van der Waals surface area contributed by atoms with Crippen molar-refractivity contribution in [1.29, 1.82) is 0 Å². The maximum Gasteiger partial charge on any atom is 0.290 e. The lowest BCUT2D eigenvalue weighted by Gasteiger charge is -2.25. The predicted molar refractivity (Wildman–Crippen MR) is 117 cm³/mol. The molecule has 1 N–H and O–H groups in total. The molecular formula is C23H15ClN2O4S. The minimum atomic E-state index is -0.833. The maximum absolute atomic E-state index is 13.4. The highest BCUT2D eigenvalue weighted by atomic mass is 35.5. The number of pyridine rings is 1. The average Bonchev–Trinajstić information content (AvgIpc) is 3.49. The average molecular weight is 451 g/mol. The molecule has 1 atom stereocenters.